The van der Waals surface area contributed by atoms with E-state index in [2.05, 4.69) is 15.8 Å². The lowest BCUT2D eigenvalue weighted by molar-refractivity contribution is 0.364. The van der Waals surface area contributed by atoms with E-state index in [0.717, 1.165) is 42.8 Å². The van der Waals surface area contributed by atoms with Crippen molar-refractivity contribution < 1.29 is 8.42 Å². The Kier molecular flexibility index (Phi) is 5.41. The Morgan fingerprint density at radius 2 is 1.93 bits per heavy atom. The summed E-state index contributed by atoms with van der Waals surface area (Å²) in [5.41, 5.74) is 2.37. The third kappa shape index (κ3) is 4.40. The number of rotatable bonds is 4. The number of sulfonamides is 1. The lowest BCUT2D eigenvalue weighted by atomic mass is 9.86. The summed E-state index contributed by atoms with van der Waals surface area (Å²) in [5.74, 6) is 1.23. The number of hydrogen-bond donors (Lipinski definition) is 2. The SMILES string of the molecule is CC(C)(C)S(=O)(=O)N[C@H]1CC[C@H](c2nc(-c3cccc(C#N)c3)c[nH]2)CC1. The molecule has 144 valence electrons. The molecule has 0 spiro atoms. The smallest absolute Gasteiger partial charge is 0.216 e. The Hall–Kier alpha value is -2.17. The highest BCUT2D eigenvalue weighted by atomic mass is 32.2. The fourth-order valence-corrected chi connectivity index (χ4v) is 4.35. The van der Waals surface area contributed by atoms with Crippen LogP contribution in [-0.2, 0) is 10.0 Å². The molecule has 1 aromatic carbocycles. The van der Waals surface area contributed by atoms with E-state index in [1.165, 1.54) is 0 Å². The third-order valence-corrected chi connectivity index (χ3v) is 7.38. The average molecular weight is 387 g/mol. The molecule has 0 radical (unpaired) electrons. The van der Waals surface area contributed by atoms with E-state index in [9.17, 15) is 8.42 Å². The predicted octanol–water partition coefficient (Wildman–Crippen LogP) is 3.69. The zero-order valence-electron chi connectivity index (χ0n) is 16.0. The standard InChI is InChI=1S/C20H26N4O2S/c1-20(2,3)27(25,26)24-17-9-7-15(8-10-17)19-22-13-18(23-19)16-6-4-5-14(11-16)12-21/h4-6,11,13,15,17,24H,7-10H2,1-3H3,(H,22,23)/t15-,17-. The molecular formula is C20H26N4O2S. The molecule has 0 bridgehead atoms. The van der Waals surface area contributed by atoms with Gasteiger partial charge in [0.25, 0.3) is 0 Å². The first-order valence-electron chi connectivity index (χ1n) is 9.27. The molecule has 1 heterocycles. The number of benzene rings is 1. The van der Waals surface area contributed by atoms with Crippen molar-refractivity contribution in [3.8, 4) is 17.3 Å². The highest BCUT2D eigenvalue weighted by Gasteiger charge is 2.33. The number of nitrogens with one attached hydrogen (secondary N) is 2. The summed E-state index contributed by atoms with van der Waals surface area (Å²) in [5, 5.41) is 9.05. The number of hydrogen-bond acceptors (Lipinski definition) is 4. The quantitative estimate of drug-likeness (QED) is 0.837. The molecule has 1 saturated carbocycles. The summed E-state index contributed by atoms with van der Waals surface area (Å²) in [6.45, 7) is 5.14. The summed E-state index contributed by atoms with van der Waals surface area (Å²) < 4.78 is 26.7. The molecule has 2 N–H and O–H groups in total. The second-order valence-electron chi connectivity index (χ2n) is 8.15. The van der Waals surface area contributed by atoms with Crippen molar-refractivity contribution in [3.05, 3.63) is 41.9 Å². The number of aromatic amines is 1. The van der Waals surface area contributed by atoms with Crippen molar-refractivity contribution in [2.24, 2.45) is 0 Å². The Labute approximate surface area is 161 Å². The molecule has 0 saturated heterocycles. The minimum absolute atomic E-state index is 0.00721. The first kappa shape index (κ1) is 19.6. The van der Waals surface area contributed by atoms with E-state index < -0.39 is 14.8 Å². The third-order valence-electron chi connectivity index (χ3n) is 5.13. The number of nitrogens with zero attached hydrogens (tertiary/aromatic N) is 2. The molecule has 1 aliphatic rings. The van der Waals surface area contributed by atoms with Gasteiger partial charge in [0.15, 0.2) is 0 Å². The lowest BCUT2D eigenvalue weighted by Crippen LogP contribution is -2.45. The zero-order chi connectivity index (χ0) is 19.7. The van der Waals surface area contributed by atoms with Crippen molar-refractivity contribution >= 4 is 10.0 Å². The van der Waals surface area contributed by atoms with Gasteiger partial charge in [-0.05, 0) is 58.6 Å². The molecule has 1 fully saturated rings. The second kappa shape index (κ2) is 7.45. The fourth-order valence-electron chi connectivity index (χ4n) is 3.32. The van der Waals surface area contributed by atoms with Crippen LogP contribution in [0.1, 0.15) is 63.8 Å². The van der Waals surface area contributed by atoms with Gasteiger partial charge in [-0.25, -0.2) is 18.1 Å². The summed E-state index contributed by atoms with van der Waals surface area (Å²) in [6, 6.07) is 9.55. The fraction of sp³-hybridized carbons (Fsp3) is 0.500. The number of aromatic nitrogens is 2. The number of nitriles is 1. The number of H-pyrrole nitrogens is 1. The summed E-state index contributed by atoms with van der Waals surface area (Å²) in [7, 11) is -3.32. The second-order valence-corrected chi connectivity index (χ2v) is 10.6. The minimum Gasteiger partial charge on any atom is -0.348 e. The van der Waals surface area contributed by atoms with Gasteiger partial charge in [-0.2, -0.15) is 5.26 Å². The van der Waals surface area contributed by atoms with Crippen molar-refractivity contribution in [3.63, 3.8) is 0 Å². The average Bonchev–Trinajstić information content (AvgIpc) is 3.11. The maximum absolute atomic E-state index is 12.3. The molecule has 0 amide bonds. The van der Waals surface area contributed by atoms with Crippen LogP contribution in [0.2, 0.25) is 0 Å². The van der Waals surface area contributed by atoms with E-state index in [-0.39, 0.29) is 6.04 Å². The van der Waals surface area contributed by atoms with Gasteiger partial charge in [-0.1, -0.05) is 12.1 Å². The van der Waals surface area contributed by atoms with Gasteiger partial charge >= 0.3 is 0 Å². The van der Waals surface area contributed by atoms with E-state index in [1.807, 2.05) is 24.4 Å². The lowest BCUT2D eigenvalue weighted by Gasteiger charge is -2.30. The van der Waals surface area contributed by atoms with Gasteiger partial charge in [-0.3, -0.25) is 0 Å². The van der Waals surface area contributed by atoms with Crippen molar-refractivity contribution in [1.82, 2.24) is 14.7 Å². The summed E-state index contributed by atoms with van der Waals surface area (Å²) in [4.78, 5) is 7.98. The van der Waals surface area contributed by atoms with Gasteiger partial charge < -0.3 is 4.98 Å². The van der Waals surface area contributed by atoms with E-state index in [4.69, 9.17) is 10.2 Å². The van der Waals surface area contributed by atoms with E-state index >= 15 is 0 Å². The molecule has 0 unspecified atom stereocenters. The van der Waals surface area contributed by atoms with Crippen molar-refractivity contribution in [2.45, 2.75) is 63.2 Å². The van der Waals surface area contributed by atoms with Gasteiger partial charge in [0.1, 0.15) is 5.82 Å². The monoisotopic (exact) mass is 386 g/mol. The Morgan fingerprint density at radius 3 is 2.56 bits per heavy atom. The summed E-state index contributed by atoms with van der Waals surface area (Å²) >= 11 is 0. The molecule has 27 heavy (non-hydrogen) atoms. The van der Waals surface area contributed by atoms with Crippen LogP contribution in [0.25, 0.3) is 11.3 Å². The molecule has 7 heteroatoms. The van der Waals surface area contributed by atoms with E-state index in [1.54, 1.807) is 26.8 Å². The van der Waals surface area contributed by atoms with Gasteiger partial charge in [0, 0.05) is 23.7 Å². The maximum Gasteiger partial charge on any atom is 0.216 e. The normalized spacial score (nSPS) is 21.0. The molecule has 0 atom stereocenters. The van der Waals surface area contributed by atoms with Crippen LogP contribution in [0.15, 0.2) is 30.5 Å². The molecule has 0 aliphatic heterocycles. The molecule has 1 aromatic heterocycles. The molecule has 1 aliphatic carbocycles. The molecule has 3 rings (SSSR count). The topological polar surface area (TPSA) is 98.6 Å². The Balaban J connectivity index is 1.64. The minimum atomic E-state index is -3.32. The van der Waals surface area contributed by atoms with Gasteiger partial charge in [0.05, 0.1) is 22.1 Å². The van der Waals surface area contributed by atoms with Crippen LogP contribution in [0.4, 0.5) is 0 Å². The van der Waals surface area contributed by atoms with Crippen molar-refractivity contribution in [2.75, 3.05) is 0 Å². The van der Waals surface area contributed by atoms with Crippen LogP contribution in [0, 0.1) is 11.3 Å². The van der Waals surface area contributed by atoms with Crippen LogP contribution < -0.4 is 4.72 Å². The number of imidazole rings is 1. The van der Waals surface area contributed by atoms with Crippen LogP contribution in [0.3, 0.4) is 0 Å². The Morgan fingerprint density at radius 1 is 1.22 bits per heavy atom. The molecule has 2 aromatic rings. The Bertz CT molecular complexity index is 943. The van der Waals surface area contributed by atoms with Crippen molar-refractivity contribution in [1.29, 1.82) is 5.26 Å². The first-order valence-corrected chi connectivity index (χ1v) is 10.8. The summed E-state index contributed by atoms with van der Waals surface area (Å²) in [6.07, 6.45) is 5.27. The highest BCUT2D eigenvalue weighted by Crippen LogP contribution is 2.33. The first-order chi connectivity index (χ1) is 12.7. The highest BCUT2D eigenvalue weighted by molar-refractivity contribution is 7.90. The largest absolute Gasteiger partial charge is 0.348 e. The zero-order valence-corrected chi connectivity index (χ0v) is 16.8. The molecular weight excluding hydrogens is 360 g/mol. The van der Waals surface area contributed by atoms with Crippen LogP contribution in [-0.4, -0.2) is 29.2 Å². The molecule has 6 nitrogen and oxygen atoms in total. The van der Waals surface area contributed by atoms with Gasteiger partial charge in [-0.15, -0.1) is 0 Å². The van der Waals surface area contributed by atoms with Crippen LogP contribution >= 0.6 is 0 Å². The van der Waals surface area contributed by atoms with Gasteiger partial charge in [0.2, 0.25) is 10.0 Å². The van der Waals surface area contributed by atoms with E-state index in [0.29, 0.717) is 11.5 Å². The predicted molar refractivity (Wildman–Crippen MR) is 106 cm³/mol. The maximum atomic E-state index is 12.3. The van der Waals surface area contributed by atoms with Crippen LogP contribution in [0.5, 0.6) is 0 Å².